The molecule has 11 heteroatoms. The van der Waals surface area contributed by atoms with Crippen molar-refractivity contribution in [2.75, 3.05) is 26.4 Å². The summed E-state index contributed by atoms with van der Waals surface area (Å²) in [5.41, 5.74) is 2.79. The Labute approximate surface area is 300 Å². The summed E-state index contributed by atoms with van der Waals surface area (Å²) < 4.78 is 29.7. The molecule has 1 aliphatic heterocycles. The molecule has 0 saturated carbocycles. The van der Waals surface area contributed by atoms with E-state index in [9.17, 15) is 19.5 Å². The number of carbonyl (C=O) groups excluding carboxylic acids is 3. The van der Waals surface area contributed by atoms with E-state index >= 15 is 0 Å². The molecular weight excluding hydrogens is 706 g/mol. The number of nitrogens with zero attached hydrogens (tertiary/aromatic N) is 1. The fourth-order valence-corrected chi connectivity index (χ4v) is 6.39. The van der Waals surface area contributed by atoms with Gasteiger partial charge < -0.3 is 28.5 Å². The van der Waals surface area contributed by atoms with Gasteiger partial charge in [0.15, 0.2) is 6.10 Å². The summed E-state index contributed by atoms with van der Waals surface area (Å²) in [4.78, 5) is 41.2. The molecule has 1 aromatic heterocycles. The van der Waals surface area contributed by atoms with Gasteiger partial charge in [-0.15, -0.1) is 0 Å². The Bertz CT molecular complexity index is 1660. The van der Waals surface area contributed by atoms with Crippen molar-refractivity contribution in [3.63, 3.8) is 0 Å². The zero-order chi connectivity index (χ0) is 35.3. The lowest BCUT2D eigenvalue weighted by Gasteiger charge is -2.29. The van der Waals surface area contributed by atoms with E-state index < -0.39 is 42.1 Å². The van der Waals surface area contributed by atoms with Crippen LogP contribution in [0.2, 0.25) is 0 Å². The van der Waals surface area contributed by atoms with E-state index in [-0.39, 0.29) is 32.0 Å². The number of carbonyl (C=O) groups is 3. The van der Waals surface area contributed by atoms with E-state index in [0.29, 0.717) is 42.7 Å². The minimum absolute atomic E-state index is 0.0620. The van der Waals surface area contributed by atoms with Crippen LogP contribution in [-0.2, 0) is 54.4 Å². The molecule has 1 saturated heterocycles. The van der Waals surface area contributed by atoms with Crippen LogP contribution >= 0.6 is 15.9 Å². The molecule has 0 spiro atoms. The molecule has 1 fully saturated rings. The highest BCUT2D eigenvalue weighted by atomic mass is 79.9. The largest absolute Gasteiger partial charge is 0.461 e. The van der Waals surface area contributed by atoms with Crippen LogP contribution in [0.4, 0.5) is 4.79 Å². The summed E-state index contributed by atoms with van der Waals surface area (Å²) in [7, 11) is 0. The topological polar surface area (TPSA) is 125 Å². The van der Waals surface area contributed by atoms with Crippen LogP contribution in [0.15, 0.2) is 106 Å². The highest BCUT2D eigenvalue weighted by molar-refractivity contribution is 9.10. The van der Waals surface area contributed by atoms with Crippen molar-refractivity contribution in [2.24, 2.45) is 5.92 Å². The van der Waals surface area contributed by atoms with Gasteiger partial charge in [-0.1, -0.05) is 91.0 Å². The Hall–Kier alpha value is -4.29. The molecule has 5 rings (SSSR count). The van der Waals surface area contributed by atoms with E-state index in [1.165, 1.54) is 6.92 Å². The second-order valence-corrected chi connectivity index (χ2v) is 13.0. The Kier molecular flexibility index (Phi) is 13.8. The van der Waals surface area contributed by atoms with Crippen LogP contribution < -0.4 is 0 Å². The molecular formula is C39H42BrNO9. The average Bonchev–Trinajstić information content (AvgIpc) is 3.69. The number of halogens is 1. The second kappa shape index (κ2) is 18.6. The molecule has 2 heterocycles. The molecule has 1 aliphatic rings. The lowest BCUT2D eigenvalue weighted by atomic mass is 9.90. The van der Waals surface area contributed by atoms with Gasteiger partial charge in [0.1, 0.15) is 24.2 Å². The van der Waals surface area contributed by atoms with Gasteiger partial charge in [-0.25, -0.2) is 9.69 Å². The molecule has 10 nitrogen and oxygen atoms in total. The van der Waals surface area contributed by atoms with Gasteiger partial charge >= 0.3 is 12.1 Å². The summed E-state index contributed by atoms with van der Waals surface area (Å²) in [6, 6.07) is 29.8. The lowest BCUT2D eigenvalue weighted by Crippen LogP contribution is -2.46. The highest BCUT2D eigenvalue weighted by Gasteiger charge is 2.45. The van der Waals surface area contributed by atoms with Crippen molar-refractivity contribution in [1.29, 1.82) is 0 Å². The quantitative estimate of drug-likeness (QED) is 0.0883. The molecule has 0 unspecified atom stereocenters. The first-order valence-electron chi connectivity index (χ1n) is 16.7. The average molecular weight is 749 g/mol. The number of rotatable bonds is 18. The number of esters is 1. The summed E-state index contributed by atoms with van der Waals surface area (Å²) in [6.07, 6.45) is -0.638. The molecule has 4 atom stereocenters. The number of hydrogen-bond donors (Lipinski definition) is 1. The number of hydrogen-bond acceptors (Lipinski definition) is 9. The molecule has 2 amide bonds. The normalized spacial score (nSPS) is 16.1. The third-order valence-electron chi connectivity index (χ3n) is 8.37. The summed E-state index contributed by atoms with van der Waals surface area (Å²) in [6.45, 7) is 2.17. The molecule has 0 radical (unpaired) electrons. The van der Waals surface area contributed by atoms with Gasteiger partial charge in [0.2, 0.25) is 5.91 Å². The minimum atomic E-state index is -1.13. The number of amides is 2. The van der Waals surface area contributed by atoms with Crippen molar-refractivity contribution in [3.05, 3.63) is 130 Å². The first kappa shape index (κ1) is 37.0. The van der Waals surface area contributed by atoms with E-state index in [1.54, 1.807) is 6.07 Å². The van der Waals surface area contributed by atoms with Gasteiger partial charge in [0.05, 0.1) is 36.3 Å². The summed E-state index contributed by atoms with van der Waals surface area (Å²) >= 11 is 3.58. The molecule has 1 N–H and O–H groups in total. The van der Waals surface area contributed by atoms with Crippen molar-refractivity contribution in [1.82, 2.24) is 4.90 Å². The van der Waals surface area contributed by atoms with Crippen LogP contribution in [-0.4, -0.2) is 66.5 Å². The zero-order valence-corrected chi connectivity index (χ0v) is 29.5. The van der Waals surface area contributed by atoms with Crippen LogP contribution in [0.5, 0.6) is 0 Å². The van der Waals surface area contributed by atoms with E-state index in [0.717, 1.165) is 21.6 Å². The van der Waals surface area contributed by atoms with E-state index in [4.69, 9.17) is 23.4 Å². The van der Waals surface area contributed by atoms with Crippen LogP contribution in [0.1, 0.15) is 47.7 Å². The van der Waals surface area contributed by atoms with Crippen LogP contribution in [0.3, 0.4) is 0 Å². The number of aliphatic hydroxyl groups is 1. The maximum atomic E-state index is 14.4. The molecule has 50 heavy (non-hydrogen) atoms. The number of aryl methyl sites for hydroxylation is 1. The summed E-state index contributed by atoms with van der Waals surface area (Å²) in [5, 5.41) is 9.72. The molecule has 0 bridgehead atoms. The van der Waals surface area contributed by atoms with Crippen molar-refractivity contribution in [3.8, 4) is 0 Å². The number of aliphatic hydroxyl groups excluding tert-OH is 1. The first-order valence-corrected chi connectivity index (χ1v) is 17.5. The maximum absolute atomic E-state index is 14.4. The molecule has 264 valence electrons. The smallest absolute Gasteiger partial charge is 0.416 e. The van der Waals surface area contributed by atoms with Crippen molar-refractivity contribution < 1.29 is 42.9 Å². The van der Waals surface area contributed by atoms with Crippen molar-refractivity contribution >= 4 is 33.9 Å². The van der Waals surface area contributed by atoms with Gasteiger partial charge in [-0.3, -0.25) is 9.59 Å². The highest BCUT2D eigenvalue weighted by Crippen LogP contribution is 2.37. The summed E-state index contributed by atoms with van der Waals surface area (Å²) in [5.74, 6) is -1.24. The third kappa shape index (κ3) is 10.4. The van der Waals surface area contributed by atoms with Crippen molar-refractivity contribution in [2.45, 2.75) is 57.5 Å². The molecule has 4 aromatic rings. The van der Waals surface area contributed by atoms with E-state index in [1.807, 2.05) is 91.0 Å². The number of ether oxygens (including phenoxy) is 4. The zero-order valence-electron chi connectivity index (χ0n) is 27.9. The number of benzene rings is 3. The molecule has 0 aliphatic carbocycles. The standard InChI is InChI=1S/C39H42BrNO9/c1-27(43)49-37(36-22-34(40)35(50-36)18-11-19-46-26-32(23-42)47-24-30-16-9-4-10-17-30)33(21-29-14-7-3-8-15-29)38(44)41-31(25-48-39(41)45)20-28-12-5-2-6-13-28/h2-10,12-17,22,31-33,37,42H,11,18-21,23-26H2,1H3/t31-,32-,33+,37-/m1/s1. The first-order chi connectivity index (χ1) is 24.3. The van der Waals surface area contributed by atoms with Gasteiger partial charge in [0.25, 0.3) is 0 Å². The Morgan fingerprint density at radius 3 is 2.24 bits per heavy atom. The number of cyclic esters (lactones) is 1. The predicted octanol–water partition coefficient (Wildman–Crippen LogP) is 6.62. The fraction of sp³-hybridized carbons (Fsp3) is 0.359. The second-order valence-electron chi connectivity index (χ2n) is 12.2. The molecule has 3 aromatic carbocycles. The Morgan fingerprint density at radius 2 is 1.60 bits per heavy atom. The predicted molar refractivity (Wildman–Crippen MR) is 188 cm³/mol. The van der Waals surface area contributed by atoms with Crippen LogP contribution in [0, 0.1) is 5.92 Å². The van der Waals surface area contributed by atoms with Gasteiger partial charge in [-0.2, -0.15) is 0 Å². The number of furan rings is 1. The fourth-order valence-electron chi connectivity index (χ4n) is 5.88. The Morgan fingerprint density at radius 1 is 0.960 bits per heavy atom. The number of imide groups is 1. The lowest BCUT2D eigenvalue weighted by molar-refractivity contribution is -0.155. The maximum Gasteiger partial charge on any atom is 0.416 e. The van der Waals surface area contributed by atoms with Gasteiger partial charge in [-0.05, 0) is 57.9 Å². The third-order valence-corrected chi connectivity index (χ3v) is 9.04. The van der Waals surface area contributed by atoms with E-state index in [2.05, 4.69) is 15.9 Å². The van der Waals surface area contributed by atoms with Crippen LogP contribution in [0.25, 0.3) is 0 Å². The minimum Gasteiger partial charge on any atom is -0.461 e. The van der Waals surface area contributed by atoms with Gasteiger partial charge in [0, 0.05) is 20.0 Å². The SMILES string of the molecule is CC(=O)O[C@@H](c1cc(Br)c(CCCOC[C@@H](CO)OCc2ccccc2)o1)[C@H](Cc1ccccc1)C(=O)N1C(=O)OC[C@H]1Cc1ccccc1. The Balaban J connectivity index is 1.28. The monoisotopic (exact) mass is 747 g/mol.